The molecule has 4 heterocycles. The van der Waals surface area contributed by atoms with Crippen LogP contribution in [0.5, 0.6) is 5.75 Å². The van der Waals surface area contributed by atoms with Gasteiger partial charge in [-0.05, 0) is 42.0 Å². The smallest absolute Gasteiger partial charge is 0.254 e. The van der Waals surface area contributed by atoms with Gasteiger partial charge in [-0.3, -0.25) is 14.3 Å². The van der Waals surface area contributed by atoms with E-state index in [1.54, 1.807) is 41.2 Å². The van der Waals surface area contributed by atoms with Crippen molar-refractivity contribution in [1.82, 2.24) is 24.6 Å². The molecule has 0 saturated carbocycles. The number of hydrogen-bond acceptors (Lipinski definition) is 7. The Balaban J connectivity index is 1.27. The van der Waals surface area contributed by atoms with Crippen LogP contribution in [0.4, 0.5) is 11.6 Å². The van der Waals surface area contributed by atoms with Gasteiger partial charge < -0.3 is 20.7 Å². The number of ether oxygens (including phenoxy) is 1. The highest BCUT2D eigenvalue weighted by Gasteiger charge is 2.31. The van der Waals surface area contributed by atoms with Crippen molar-refractivity contribution in [2.75, 3.05) is 24.7 Å². The van der Waals surface area contributed by atoms with Gasteiger partial charge in [0.15, 0.2) is 0 Å². The third-order valence-electron chi connectivity index (χ3n) is 6.91. The predicted molar refractivity (Wildman–Crippen MR) is 145 cm³/mol. The minimum Gasteiger partial charge on any atom is -0.491 e. The van der Waals surface area contributed by atoms with Crippen LogP contribution in [0.2, 0.25) is 0 Å². The number of nitrogen functional groups attached to an aromatic ring is 1. The number of pyridine rings is 2. The molecule has 2 aromatic carbocycles. The number of aromatic nitrogens is 4. The summed E-state index contributed by atoms with van der Waals surface area (Å²) in [6, 6.07) is 14.8. The van der Waals surface area contributed by atoms with Gasteiger partial charge in [0.25, 0.3) is 5.91 Å². The van der Waals surface area contributed by atoms with E-state index in [4.69, 9.17) is 10.5 Å². The summed E-state index contributed by atoms with van der Waals surface area (Å²) in [5.41, 5.74) is 11.0. The first-order valence-electron chi connectivity index (χ1n) is 12.1. The minimum absolute atomic E-state index is 0.123. The molecule has 0 fully saturated rings. The SMILES string of the molecule is CC(=O)Nc1ccc(-c2ccc3c(c2)OC[C@H]3N(C)C(=O)c2ccc3nc(N)c4cnn(C)c4c3c2)cn1. The van der Waals surface area contributed by atoms with Gasteiger partial charge in [0, 0.05) is 49.3 Å². The van der Waals surface area contributed by atoms with Crippen molar-refractivity contribution in [3.8, 4) is 16.9 Å². The molecule has 0 aliphatic carbocycles. The molecule has 190 valence electrons. The van der Waals surface area contributed by atoms with Crippen molar-refractivity contribution in [2.45, 2.75) is 13.0 Å². The van der Waals surface area contributed by atoms with Crippen LogP contribution in [0.3, 0.4) is 0 Å². The Morgan fingerprint density at radius 2 is 1.89 bits per heavy atom. The zero-order valence-electron chi connectivity index (χ0n) is 21.1. The highest BCUT2D eigenvalue weighted by molar-refractivity contribution is 6.10. The molecule has 0 spiro atoms. The average molecular weight is 508 g/mol. The van der Waals surface area contributed by atoms with Crippen LogP contribution in [-0.4, -0.2) is 50.1 Å². The number of hydrogen-bond donors (Lipinski definition) is 2. The van der Waals surface area contributed by atoms with Crippen molar-refractivity contribution in [3.63, 3.8) is 0 Å². The Labute approximate surface area is 218 Å². The zero-order valence-corrected chi connectivity index (χ0v) is 21.1. The lowest BCUT2D eigenvalue weighted by atomic mass is 10.0. The quantitative estimate of drug-likeness (QED) is 0.377. The Hall–Kier alpha value is -4.99. The second-order valence-electron chi connectivity index (χ2n) is 9.37. The molecule has 10 nitrogen and oxygen atoms in total. The predicted octanol–water partition coefficient (Wildman–Crippen LogP) is 3.93. The third kappa shape index (κ3) is 3.86. The molecule has 1 aliphatic rings. The van der Waals surface area contributed by atoms with Crippen LogP contribution in [0.15, 0.2) is 60.9 Å². The first-order chi connectivity index (χ1) is 18.3. The topological polar surface area (TPSA) is 128 Å². The monoisotopic (exact) mass is 507 g/mol. The summed E-state index contributed by atoms with van der Waals surface area (Å²) >= 11 is 0. The van der Waals surface area contributed by atoms with E-state index in [2.05, 4.69) is 20.4 Å². The summed E-state index contributed by atoms with van der Waals surface area (Å²) in [6.07, 6.45) is 3.39. The molecule has 0 bridgehead atoms. The van der Waals surface area contributed by atoms with E-state index in [-0.39, 0.29) is 17.9 Å². The summed E-state index contributed by atoms with van der Waals surface area (Å²) in [4.78, 5) is 35.3. The lowest BCUT2D eigenvalue weighted by molar-refractivity contribution is -0.114. The van der Waals surface area contributed by atoms with Gasteiger partial charge in [0.1, 0.15) is 24.0 Å². The highest BCUT2D eigenvalue weighted by atomic mass is 16.5. The fourth-order valence-electron chi connectivity index (χ4n) is 4.95. The largest absolute Gasteiger partial charge is 0.491 e. The number of likely N-dealkylation sites (N-methyl/N-ethyl adjacent to an activating group) is 1. The third-order valence-corrected chi connectivity index (χ3v) is 6.91. The molecule has 6 rings (SSSR count). The summed E-state index contributed by atoms with van der Waals surface area (Å²) in [5.74, 6) is 1.35. The van der Waals surface area contributed by atoms with E-state index in [1.807, 2.05) is 43.4 Å². The van der Waals surface area contributed by atoms with Crippen LogP contribution in [0, 0.1) is 0 Å². The molecule has 5 aromatic rings. The van der Waals surface area contributed by atoms with Gasteiger partial charge in [0.05, 0.1) is 28.7 Å². The van der Waals surface area contributed by atoms with E-state index < -0.39 is 0 Å². The van der Waals surface area contributed by atoms with Crippen molar-refractivity contribution >= 4 is 45.3 Å². The average Bonchev–Trinajstić information content (AvgIpc) is 3.52. The number of fused-ring (bicyclic) bond motifs is 4. The van der Waals surface area contributed by atoms with Crippen molar-refractivity contribution < 1.29 is 14.3 Å². The number of nitrogens with zero attached hydrogens (tertiary/aromatic N) is 5. The van der Waals surface area contributed by atoms with E-state index >= 15 is 0 Å². The zero-order chi connectivity index (χ0) is 26.6. The molecular weight excluding hydrogens is 482 g/mol. The number of nitrogens with two attached hydrogens (primary N) is 1. The first kappa shape index (κ1) is 23.4. The Bertz CT molecular complexity index is 1740. The van der Waals surface area contributed by atoms with E-state index in [0.29, 0.717) is 29.3 Å². The molecule has 3 aromatic heterocycles. The first-order valence-corrected chi connectivity index (χ1v) is 12.1. The van der Waals surface area contributed by atoms with Gasteiger partial charge in [-0.25, -0.2) is 9.97 Å². The fraction of sp³-hybridized carbons (Fsp3) is 0.179. The van der Waals surface area contributed by atoms with Crippen LogP contribution in [0.1, 0.15) is 28.9 Å². The minimum atomic E-state index is -0.233. The number of rotatable bonds is 4. The maximum atomic E-state index is 13.6. The molecule has 1 aliphatic heterocycles. The van der Waals surface area contributed by atoms with Crippen molar-refractivity contribution in [1.29, 1.82) is 0 Å². The second kappa shape index (κ2) is 8.84. The van der Waals surface area contributed by atoms with Crippen LogP contribution < -0.4 is 15.8 Å². The number of carbonyl (C=O) groups is 2. The maximum absolute atomic E-state index is 13.6. The number of nitrogens with one attached hydrogen (secondary N) is 1. The number of amides is 2. The molecule has 2 amide bonds. The Morgan fingerprint density at radius 3 is 2.66 bits per heavy atom. The van der Waals surface area contributed by atoms with Crippen LogP contribution in [-0.2, 0) is 11.8 Å². The molecular formula is C28H25N7O3. The maximum Gasteiger partial charge on any atom is 0.254 e. The Morgan fingerprint density at radius 1 is 1.08 bits per heavy atom. The molecule has 3 N–H and O–H groups in total. The van der Waals surface area contributed by atoms with Crippen LogP contribution in [0.25, 0.3) is 32.9 Å². The van der Waals surface area contributed by atoms with E-state index in [9.17, 15) is 9.59 Å². The van der Waals surface area contributed by atoms with Gasteiger partial charge in [-0.15, -0.1) is 0 Å². The molecule has 0 unspecified atom stereocenters. The number of aryl methyl sites for hydroxylation is 1. The molecule has 1 atom stereocenters. The van der Waals surface area contributed by atoms with Crippen molar-refractivity contribution in [2.24, 2.45) is 7.05 Å². The lowest BCUT2D eigenvalue weighted by Gasteiger charge is -2.24. The summed E-state index contributed by atoms with van der Waals surface area (Å²) in [6.45, 7) is 1.80. The lowest BCUT2D eigenvalue weighted by Crippen LogP contribution is -2.32. The van der Waals surface area contributed by atoms with Gasteiger partial charge >= 0.3 is 0 Å². The van der Waals surface area contributed by atoms with E-state index in [0.717, 1.165) is 38.7 Å². The molecule has 38 heavy (non-hydrogen) atoms. The highest BCUT2D eigenvalue weighted by Crippen LogP contribution is 2.39. The Kier molecular flexibility index (Phi) is 5.45. The summed E-state index contributed by atoms with van der Waals surface area (Å²) in [5, 5.41) is 8.55. The van der Waals surface area contributed by atoms with Gasteiger partial charge in [0.2, 0.25) is 5.91 Å². The normalized spacial score (nSPS) is 14.3. The molecule has 0 saturated heterocycles. The van der Waals surface area contributed by atoms with Crippen LogP contribution >= 0.6 is 0 Å². The van der Waals surface area contributed by atoms with Crippen molar-refractivity contribution in [3.05, 3.63) is 72.1 Å². The van der Waals surface area contributed by atoms with Gasteiger partial charge in [-0.1, -0.05) is 12.1 Å². The number of carbonyl (C=O) groups excluding carboxylic acids is 2. The number of anilines is 2. The molecule has 0 radical (unpaired) electrons. The van der Waals surface area contributed by atoms with E-state index in [1.165, 1.54) is 6.92 Å². The number of benzene rings is 2. The fourth-order valence-corrected chi connectivity index (χ4v) is 4.95. The standard InChI is InChI=1S/C28H25N7O3/c1-15(36)32-25-9-6-18(12-30-25)16-4-7-19-23(14-38-24(19)11-16)34(2)28(37)17-5-8-22-20(10-17)26-21(27(29)33-22)13-31-35(26)3/h4-13,23H,14H2,1-3H3,(H2,29,33)(H,30,32,36)/t23-/m1/s1. The second-order valence-corrected chi connectivity index (χ2v) is 9.37. The summed E-state index contributed by atoms with van der Waals surface area (Å²) in [7, 11) is 3.63. The molecule has 10 heteroatoms. The summed E-state index contributed by atoms with van der Waals surface area (Å²) < 4.78 is 7.74. The van der Waals surface area contributed by atoms with Gasteiger partial charge in [-0.2, -0.15) is 5.10 Å².